The molecule has 29 heavy (non-hydrogen) atoms. The molecule has 0 bridgehead atoms. The van der Waals surface area contributed by atoms with Crippen LogP contribution in [0.3, 0.4) is 0 Å². The number of carbonyl (C=O) groups excluding carboxylic acids is 1. The number of carbonyl (C=O) groups is 1. The number of ether oxygens (including phenoxy) is 1. The van der Waals surface area contributed by atoms with Crippen LogP contribution < -0.4 is 10.1 Å². The van der Waals surface area contributed by atoms with E-state index < -0.39 is 11.9 Å². The molecule has 152 valence electrons. The van der Waals surface area contributed by atoms with E-state index in [0.29, 0.717) is 18.5 Å². The molecule has 2 N–H and O–H groups in total. The van der Waals surface area contributed by atoms with Gasteiger partial charge in [0, 0.05) is 6.20 Å². The molecule has 0 aliphatic heterocycles. The molecule has 6 nitrogen and oxygen atoms in total. The number of fused-ring (bicyclic) bond motifs is 1. The van der Waals surface area contributed by atoms with Crippen molar-refractivity contribution in [3.05, 3.63) is 65.2 Å². The maximum atomic E-state index is 14.1. The highest BCUT2D eigenvalue weighted by Gasteiger charge is 2.26. The van der Waals surface area contributed by atoms with Crippen LogP contribution in [-0.4, -0.2) is 39.9 Å². The van der Waals surface area contributed by atoms with Gasteiger partial charge < -0.3 is 15.2 Å². The number of hydrogen-bond acceptors (Lipinski definition) is 4. The Labute approximate surface area is 168 Å². The molecule has 1 aliphatic carbocycles. The summed E-state index contributed by atoms with van der Waals surface area (Å²) < 4.78 is 20.6. The van der Waals surface area contributed by atoms with Gasteiger partial charge in [-0.2, -0.15) is 5.10 Å². The second kappa shape index (κ2) is 8.21. The van der Waals surface area contributed by atoms with Gasteiger partial charge in [-0.05, 0) is 60.7 Å². The molecule has 1 fully saturated rings. The fourth-order valence-electron chi connectivity index (χ4n) is 3.97. The maximum Gasteiger partial charge on any atom is 0.270 e. The lowest BCUT2D eigenvalue weighted by Crippen LogP contribution is -2.45. The Morgan fingerprint density at radius 2 is 2.14 bits per heavy atom. The van der Waals surface area contributed by atoms with Crippen molar-refractivity contribution in [3.63, 3.8) is 0 Å². The average molecular weight is 397 g/mol. The summed E-state index contributed by atoms with van der Waals surface area (Å²) in [5.74, 6) is -0.490. The van der Waals surface area contributed by atoms with Gasteiger partial charge in [0.15, 0.2) is 11.6 Å². The standard InChI is InChI=1S/C22H24FN3O3/c1-29-21-9-8-14(12-16(21)23)11-15-13-19(26-18(15)6-4-10-24-26)22(28)25-17-5-2-3-7-20(17)27/h4,6,8-10,12-13,17,20,27H,2-3,5,7,11H2,1H3,(H,25,28)/t17-,20-/m0/s1. The predicted octanol–water partition coefficient (Wildman–Crippen LogP) is 3.11. The summed E-state index contributed by atoms with van der Waals surface area (Å²) in [5, 5.41) is 17.4. The number of nitrogens with zero attached hydrogens (tertiary/aromatic N) is 2. The highest BCUT2D eigenvalue weighted by molar-refractivity contribution is 5.94. The van der Waals surface area contributed by atoms with Gasteiger partial charge >= 0.3 is 0 Å². The van der Waals surface area contributed by atoms with Crippen LogP contribution in [0.4, 0.5) is 4.39 Å². The molecule has 0 spiro atoms. The van der Waals surface area contributed by atoms with E-state index in [1.54, 1.807) is 35.0 Å². The minimum absolute atomic E-state index is 0.197. The molecule has 1 aliphatic rings. The lowest BCUT2D eigenvalue weighted by Gasteiger charge is -2.28. The molecule has 4 rings (SSSR count). The zero-order chi connectivity index (χ0) is 20.4. The lowest BCUT2D eigenvalue weighted by atomic mass is 9.92. The number of nitrogens with one attached hydrogen (secondary N) is 1. The van der Waals surface area contributed by atoms with Crippen molar-refractivity contribution < 1.29 is 19.0 Å². The lowest BCUT2D eigenvalue weighted by molar-refractivity contribution is 0.0712. The van der Waals surface area contributed by atoms with Gasteiger partial charge in [-0.3, -0.25) is 4.79 Å². The number of hydrogen-bond donors (Lipinski definition) is 2. The van der Waals surface area contributed by atoms with Crippen LogP contribution in [0.5, 0.6) is 5.75 Å². The zero-order valence-corrected chi connectivity index (χ0v) is 16.3. The van der Waals surface area contributed by atoms with E-state index >= 15 is 0 Å². The van der Waals surface area contributed by atoms with Gasteiger partial charge in [-0.1, -0.05) is 18.9 Å². The minimum atomic E-state index is -0.520. The summed E-state index contributed by atoms with van der Waals surface area (Å²) in [6, 6.07) is 10.1. The van der Waals surface area contributed by atoms with Crippen LogP contribution in [-0.2, 0) is 6.42 Å². The molecular formula is C22H24FN3O3. The van der Waals surface area contributed by atoms with E-state index in [4.69, 9.17) is 4.74 Å². The molecule has 7 heteroatoms. The van der Waals surface area contributed by atoms with Crippen molar-refractivity contribution in [3.8, 4) is 5.75 Å². The number of benzene rings is 1. The molecule has 1 aromatic carbocycles. The first-order valence-electron chi connectivity index (χ1n) is 9.84. The molecule has 1 amide bonds. The van der Waals surface area contributed by atoms with Gasteiger partial charge in [0.1, 0.15) is 5.69 Å². The molecule has 1 saturated carbocycles. The number of amides is 1. The van der Waals surface area contributed by atoms with Crippen molar-refractivity contribution in [1.29, 1.82) is 0 Å². The van der Waals surface area contributed by atoms with E-state index in [-0.39, 0.29) is 17.7 Å². The quantitative estimate of drug-likeness (QED) is 0.694. The average Bonchev–Trinajstić information content (AvgIpc) is 3.09. The van der Waals surface area contributed by atoms with Crippen molar-refractivity contribution in [2.45, 2.75) is 44.2 Å². The molecule has 2 atom stereocenters. The fraction of sp³-hybridized carbons (Fsp3) is 0.364. The third-order valence-electron chi connectivity index (χ3n) is 5.51. The van der Waals surface area contributed by atoms with Gasteiger partial charge in [0.2, 0.25) is 0 Å². The smallest absolute Gasteiger partial charge is 0.270 e. The topological polar surface area (TPSA) is 75.9 Å². The third-order valence-corrected chi connectivity index (χ3v) is 5.51. The van der Waals surface area contributed by atoms with Gasteiger partial charge in [-0.25, -0.2) is 8.91 Å². The first-order chi connectivity index (χ1) is 14.1. The highest BCUT2D eigenvalue weighted by atomic mass is 19.1. The van der Waals surface area contributed by atoms with Crippen LogP contribution in [0.2, 0.25) is 0 Å². The SMILES string of the molecule is COc1ccc(Cc2cc(C(=O)N[C@H]3CCCC[C@@H]3O)n3ncccc23)cc1F. The van der Waals surface area contributed by atoms with Crippen molar-refractivity contribution in [1.82, 2.24) is 14.9 Å². The zero-order valence-electron chi connectivity index (χ0n) is 16.3. The van der Waals surface area contributed by atoms with E-state index in [1.165, 1.54) is 13.2 Å². The Bertz CT molecular complexity index is 1030. The van der Waals surface area contributed by atoms with Crippen LogP contribution in [0, 0.1) is 5.82 Å². The second-order valence-corrected chi connectivity index (χ2v) is 7.45. The summed E-state index contributed by atoms with van der Waals surface area (Å²) in [6.07, 6.45) is 4.99. The van der Waals surface area contributed by atoms with Crippen LogP contribution in [0.1, 0.15) is 47.3 Å². The van der Waals surface area contributed by atoms with Crippen molar-refractivity contribution in [2.75, 3.05) is 7.11 Å². The third kappa shape index (κ3) is 3.96. The Morgan fingerprint density at radius 1 is 1.31 bits per heavy atom. The Morgan fingerprint density at radius 3 is 2.90 bits per heavy atom. The highest BCUT2D eigenvalue weighted by Crippen LogP contribution is 2.24. The van der Waals surface area contributed by atoms with Gasteiger partial charge in [-0.15, -0.1) is 0 Å². The van der Waals surface area contributed by atoms with Crippen LogP contribution in [0.25, 0.3) is 5.52 Å². The number of aromatic nitrogens is 2. The number of methoxy groups -OCH3 is 1. The largest absolute Gasteiger partial charge is 0.494 e. The van der Waals surface area contributed by atoms with E-state index in [9.17, 15) is 14.3 Å². The van der Waals surface area contributed by atoms with Crippen LogP contribution in [0.15, 0.2) is 42.6 Å². The fourth-order valence-corrected chi connectivity index (χ4v) is 3.97. The summed E-state index contributed by atoms with van der Waals surface area (Å²) in [4.78, 5) is 12.9. The first kappa shape index (κ1) is 19.4. The number of aliphatic hydroxyl groups is 1. The van der Waals surface area contributed by atoms with Crippen molar-refractivity contribution >= 4 is 11.4 Å². The Hall–Kier alpha value is -2.93. The number of aliphatic hydroxyl groups excluding tert-OH is 1. The van der Waals surface area contributed by atoms with E-state index in [2.05, 4.69) is 10.4 Å². The molecule has 2 aromatic heterocycles. The molecule has 0 radical (unpaired) electrons. The van der Waals surface area contributed by atoms with E-state index in [1.807, 2.05) is 6.07 Å². The van der Waals surface area contributed by atoms with Crippen molar-refractivity contribution in [2.24, 2.45) is 0 Å². The number of halogens is 1. The molecule has 0 saturated heterocycles. The molecule has 3 aromatic rings. The van der Waals surface area contributed by atoms with Gasteiger partial charge in [0.25, 0.3) is 5.91 Å². The maximum absolute atomic E-state index is 14.1. The summed E-state index contributed by atoms with van der Waals surface area (Å²) in [5.41, 5.74) is 2.84. The summed E-state index contributed by atoms with van der Waals surface area (Å²) >= 11 is 0. The van der Waals surface area contributed by atoms with Gasteiger partial charge in [0.05, 0.1) is 24.8 Å². The number of rotatable bonds is 5. The van der Waals surface area contributed by atoms with E-state index in [0.717, 1.165) is 35.9 Å². The monoisotopic (exact) mass is 397 g/mol. The summed E-state index contributed by atoms with van der Waals surface area (Å²) in [6.45, 7) is 0. The first-order valence-corrected chi connectivity index (χ1v) is 9.84. The second-order valence-electron chi connectivity index (χ2n) is 7.45. The Balaban J connectivity index is 1.63. The minimum Gasteiger partial charge on any atom is -0.494 e. The molecule has 0 unspecified atom stereocenters. The molecular weight excluding hydrogens is 373 g/mol. The summed E-state index contributed by atoms with van der Waals surface area (Å²) in [7, 11) is 1.43. The normalized spacial score (nSPS) is 19.3. The predicted molar refractivity (Wildman–Crippen MR) is 107 cm³/mol. The Kier molecular flexibility index (Phi) is 5.49. The van der Waals surface area contributed by atoms with Crippen LogP contribution >= 0.6 is 0 Å². The molecule has 2 heterocycles.